The van der Waals surface area contributed by atoms with Crippen molar-refractivity contribution in [3.8, 4) is 0 Å². The number of nitrogens with zero attached hydrogens (tertiary/aromatic N) is 3. The lowest BCUT2D eigenvalue weighted by Gasteiger charge is -2.29. The topological polar surface area (TPSA) is 43.9 Å². The van der Waals surface area contributed by atoms with Gasteiger partial charge in [0.05, 0.1) is 27.7 Å². The van der Waals surface area contributed by atoms with Crippen molar-refractivity contribution in [2.75, 3.05) is 18.0 Å². The van der Waals surface area contributed by atoms with Crippen LogP contribution in [0, 0.1) is 12.8 Å². The Labute approximate surface area is 173 Å². The Morgan fingerprint density at radius 1 is 0.857 bits per heavy atom. The smallest absolute Gasteiger partial charge is 0.253 e. The van der Waals surface area contributed by atoms with Gasteiger partial charge in [0.15, 0.2) is 0 Å². The second-order valence-corrected chi connectivity index (χ2v) is 8.43. The standard InChI is InChI=1S/C21H19Cl2N3O2/c1-12-3-5-13(6-4-12)18-17-19(25-10-2-9-24(18)25)21(28)26(20(17)27)14-7-8-15(22)16(23)11-14/h3-8,11,17-19H,2,9-10H2,1H3/t17-,18-,19+/m1/s1. The number of hydrogen-bond donors (Lipinski definition) is 0. The van der Waals surface area contributed by atoms with Gasteiger partial charge >= 0.3 is 0 Å². The monoisotopic (exact) mass is 415 g/mol. The molecule has 7 heteroatoms. The van der Waals surface area contributed by atoms with Crippen molar-refractivity contribution in [1.82, 2.24) is 10.0 Å². The van der Waals surface area contributed by atoms with Crippen LogP contribution in [-0.4, -0.2) is 41.0 Å². The second-order valence-electron chi connectivity index (χ2n) is 7.62. The van der Waals surface area contributed by atoms with Gasteiger partial charge in [0, 0.05) is 13.1 Å². The highest BCUT2D eigenvalue weighted by atomic mass is 35.5. The minimum Gasteiger partial charge on any atom is -0.274 e. The van der Waals surface area contributed by atoms with Gasteiger partial charge in [-0.2, -0.15) is 0 Å². The molecule has 28 heavy (non-hydrogen) atoms. The molecule has 2 aromatic carbocycles. The van der Waals surface area contributed by atoms with Crippen LogP contribution >= 0.6 is 23.2 Å². The minimum atomic E-state index is -0.462. The number of anilines is 1. The van der Waals surface area contributed by atoms with Crippen molar-refractivity contribution in [2.24, 2.45) is 5.92 Å². The summed E-state index contributed by atoms with van der Waals surface area (Å²) in [6.45, 7) is 3.69. The van der Waals surface area contributed by atoms with Gasteiger partial charge in [-0.1, -0.05) is 53.0 Å². The Bertz CT molecular complexity index is 978. The summed E-state index contributed by atoms with van der Waals surface area (Å²) < 4.78 is 0. The normalized spacial score (nSPS) is 27.5. The van der Waals surface area contributed by atoms with E-state index in [9.17, 15) is 9.59 Å². The first-order valence-electron chi connectivity index (χ1n) is 9.40. The maximum absolute atomic E-state index is 13.5. The summed E-state index contributed by atoms with van der Waals surface area (Å²) in [6.07, 6.45) is 0.986. The van der Waals surface area contributed by atoms with E-state index in [1.807, 2.05) is 6.92 Å². The quantitative estimate of drug-likeness (QED) is 0.698. The van der Waals surface area contributed by atoms with Crippen LogP contribution < -0.4 is 4.90 Å². The lowest BCUT2D eigenvalue weighted by molar-refractivity contribution is -0.126. The molecule has 0 aliphatic carbocycles. The molecule has 2 aromatic rings. The molecule has 2 amide bonds. The van der Waals surface area contributed by atoms with Crippen molar-refractivity contribution in [3.63, 3.8) is 0 Å². The summed E-state index contributed by atoms with van der Waals surface area (Å²) in [4.78, 5) is 28.1. The fourth-order valence-corrected chi connectivity index (χ4v) is 5.05. The molecule has 0 radical (unpaired) electrons. The molecule has 0 N–H and O–H groups in total. The summed E-state index contributed by atoms with van der Waals surface area (Å²) in [5.41, 5.74) is 2.72. The Morgan fingerprint density at radius 3 is 2.21 bits per heavy atom. The molecule has 3 aliphatic rings. The number of imide groups is 1. The summed E-state index contributed by atoms with van der Waals surface area (Å²) >= 11 is 12.1. The molecule has 0 unspecified atom stereocenters. The maximum Gasteiger partial charge on any atom is 0.253 e. The molecular weight excluding hydrogens is 397 g/mol. The minimum absolute atomic E-state index is 0.127. The number of halogens is 2. The Morgan fingerprint density at radius 2 is 1.54 bits per heavy atom. The van der Waals surface area contributed by atoms with Crippen molar-refractivity contribution < 1.29 is 9.59 Å². The number of amides is 2. The van der Waals surface area contributed by atoms with E-state index in [0.717, 1.165) is 25.1 Å². The number of carbonyl (C=O) groups excluding carboxylic acids is 2. The number of rotatable bonds is 2. The van der Waals surface area contributed by atoms with Gasteiger partial charge in [-0.3, -0.25) is 9.59 Å². The van der Waals surface area contributed by atoms with Gasteiger partial charge < -0.3 is 0 Å². The predicted octanol–water partition coefficient (Wildman–Crippen LogP) is 3.84. The molecular formula is C21H19Cl2N3O2. The molecule has 0 aromatic heterocycles. The molecule has 5 nitrogen and oxygen atoms in total. The van der Waals surface area contributed by atoms with Crippen LogP contribution in [-0.2, 0) is 9.59 Å². The zero-order valence-corrected chi connectivity index (χ0v) is 16.8. The average Bonchev–Trinajstić information content (AvgIpc) is 3.31. The molecule has 5 rings (SSSR count). The molecule has 3 fully saturated rings. The number of fused-ring (bicyclic) bond motifs is 3. The molecule has 0 spiro atoms. The van der Waals surface area contributed by atoms with Crippen LogP contribution in [0.4, 0.5) is 5.69 Å². The van der Waals surface area contributed by atoms with E-state index >= 15 is 0 Å². The third-order valence-corrected chi connectivity index (χ3v) is 6.73. The van der Waals surface area contributed by atoms with E-state index in [1.165, 1.54) is 10.5 Å². The van der Waals surface area contributed by atoms with Crippen LogP contribution in [0.1, 0.15) is 23.6 Å². The molecule has 3 aliphatic heterocycles. The molecule has 3 heterocycles. The first kappa shape index (κ1) is 18.1. The van der Waals surface area contributed by atoms with Crippen LogP contribution in [0.15, 0.2) is 42.5 Å². The van der Waals surface area contributed by atoms with E-state index in [4.69, 9.17) is 23.2 Å². The molecule has 144 valence electrons. The number of aryl methyl sites for hydroxylation is 1. The lowest BCUT2D eigenvalue weighted by atomic mass is 9.89. The molecule has 0 bridgehead atoms. The summed E-state index contributed by atoms with van der Waals surface area (Å²) in [5, 5.41) is 5.03. The van der Waals surface area contributed by atoms with Gasteiger partial charge in [-0.25, -0.2) is 14.9 Å². The van der Waals surface area contributed by atoms with E-state index in [2.05, 4.69) is 34.3 Å². The second kappa shape index (κ2) is 6.56. The van der Waals surface area contributed by atoms with Crippen LogP contribution in [0.3, 0.4) is 0 Å². The van der Waals surface area contributed by atoms with E-state index in [0.29, 0.717) is 15.7 Å². The highest BCUT2D eigenvalue weighted by Gasteiger charge is 2.62. The first-order chi connectivity index (χ1) is 13.5. The molecule has 0 saturated carbocycles. The number of hydrazine groups is 1. The van der Waals surface area contributed by atoms with Gasteiger partial charge in [-0.05, 0) is 37.1 Å². The average molecular weight is 416 g/mol. The Balaban J connectivity index is 1.58. The largest absolute Gasteiger partial charge is 0.274 e. The summed E-state index contributed by atoms with van der Waals surface area (Å²) in [7, 11) is 0. The van der Waals surface area contributed by atoms with E-state index in [-0.39, 0.29) is 17.9 Å². The Kier molecular flexibility index (Phi) is 4.25. The van der Waals surface area contributed by atoms with Crippen molar-refractivity contribution in [2.45, 2.75) is 25.4 Å². The lowest BCUT2D eigenvalue weighted by Crippen LogP contribution is -2.44. The van der Waals surface area contributed by atoms with E-state index in [1.54, 1.807) is 18.2 Å². The third kappa shape index (κ3) is 2.54. The highest BCUT2D eigenvalue weighted by molar-refractivity contribution is 6.42. The van der Waals surface area contributed by atoms with Crippen LogP contribution in [0.5, 0.6) is 0 Å². The SMILES string of the molecule is Cc1ccc([C@@H]2[C@H]3C(=O)N(c4ccc(Cl)c(Cl)c4)C(=O)[C@H]3N3CCCN23)cc1. The summed E-state index contributed by atoms with van der Waals surface area (Å²) in [5.74, 6) is -0.784. The molecule has 3 saturated heterocycles. The first-order valence-corrected chi connectivity index (χ1v) is 10.2. The zero-order chi connectivity index (χ0) is 19.6. The Hall–Kier alpha value is -1.92. The fraction of sp³-hybridized carbons (Fsp3) is 0.333. The van der Waals surface area contributed by atoms with Crippen molar-refractivity contribution in [3.05, 3.63) is 63.6 Å². The van der Waals surface area contributed by atoms with Gasteiger partial charge in [0.25, 0.3) is 5.91 Å². The van der Waals surface area contributed by atoms with Crippen molar-refractivity contribution >= 4 is 40.7 Å². The third-order valence-electron chi connectivity index (χ3n) is 5.99. The van der Waals surface area contributed by atoms with Gasteiger partial charge in [-0.15, -0.1) is 0 Å². The fourth-order valence-electron chi connectivity index (χ4n) is 4.76. The molecule has 3 atom stereocenters. The predicted molar refractivity (Wildman–Crippen MR) is 108 cm³/mol. The summed E-state index contributed by atoms with van der Waals surface area (Å²) in [6, 6.07) is 12.5. The highest BCUT2D eigenvalue weighted by Crippen LogP contribution is 2.49. The van der Waals surface area contributed by atoms with Crippen LogP contribution in [0.2, 0.25) is 10.0 Å². The number of carbonyl (C=O) groups is 2. The number of benzene rings is 2. The van der Waals surface area contributed by atoms with Crippen molar-refractivity contribution in [1.29, 1.82) is 0 Å². The zero-order valence-electron chi connectivity index (χ0n) is 15.3. The maximum atomic E-state index is 13.5. The van der Waals surface area contributed by atoms with E-state index < -0.39 is 12.0 Å². The van der Waals surface area contributed by atoms with Gasteiger partial charge in [0.2, 0.25) is 5.91 Å². The number of hydrogen-bond acceptors (Lipinski definition) is 4. The van der Waals surface area contributed by atoms with Crippen LogP contribution in [0.25, 0.3) is 0 Å². The van der Waals surface area contributed by atoms with Gasteiger partial charge in [0.1, 0.15) is 6.04 Å².